The van der Waals surface area contributed by atoms with Crippen molar-refractivity contribution in [2.75, 3.05) is 19.8 Å². The van der Waals surface area contributed by atoms with Crippen molar-refractivity contribution in [1.82, 2.24) is 14.9 Å². The molecule has 1 aliphatic heterocycles. The van der Waals surface area contributed by atoms with E-state index in [0.29, 0.717) is 32.6 Å². The zero-order valence-electron chi connectivity index (χ0n) is 13.4. The summed E-state index contributed by atoms with van der Waals surface area (Å²) >= 11 is 0. The second-order valence-corrected chi connectivity index (χ2v) is 6.14. The van der Waals surface area contributed by atoms with Crippen molar-refractivity contribution in [3.8, 4) is 0 Å². The van der Waals surface area contributed by atoms with Crippen molar-refractivity contribution < 1.29 is 9.84 Å². The van der Waals surface area contributed by atoms with E-state index in [1.54, 1.807) is 0 Å². The lowest BCUT2D eigenvalue weighted by molar-refractivity contribution is -0.0627. The Morgan fingerprint density at radius 2 is 2.09 bits per heavy atom. The van der Waals surface area contributed by atoms with Gasteiger partial charge in [-0.3, -0.25) is 0 Å². The van der Waals surface area contributed by atoms with Gasteiger partial charge in [0.25, 0.3) is 0 Å². The van der Waals surface area contributed by atoms with Crippen molar-refractivity contribution in [3.63, 3.8) is 0 Å². The van der Waals surface area contributed by atoms with Crippen LogP contribution in [0.4, 0.5) is 0 Å². The molecule has 2 heterocycles. The number of aryl methyl sites for hydroxylation is 1. The molecule has 0 radical (unpaired) electrons. The van der Waals surface area contributed by atoms with Gasteiger partial charge in [0, 0.05) is 39.1 Å². The van der Waals surface area contributed by atoms with E-state index in [-0.39, 0.29) is 6.04 Å². The Kier molecular flexibility index (Phi) is 4.47. The van der Waals surface area contributed by atoms with Gasteiger partial charge in [0.15, 0.2) is 0 Å². The quantitative estimate of drug-likeness (QED) is 0.889. The predicted octanol–water partition coefficient (Wildman–Crippen LogP) is 2.25. The van der Waals surface area contributed by atoms with Crippen LogP contribution in [0.3, 0.4) is 0 Å². The van der Waals surface area contributed by atoms with E-state index < -0.39 is 5.60 Å². The van der Waals surface area contributed by atoms with Crippen molar-refractivity contribution in [2.45, 2.75) is 44.9 Å². The minimum atomic E-state index is -0.657. The number of hydrogen-bond donors (Lipinski definition) is 2. The van der Waals surface area contributed by atoms with Crippen molar-refractivity contribution in [3.05, 3.63) is 30.1 Å². The molecule has 1 saturated heterocycles. The molecule has 120 valence electrons. The fourth-order valence-electron chi connectivity index (χ4n) is 3.12. The summed E-state index contributed by atoms with van der Waals surface area (Å²) in [4.78, 5) is 4.76. The first-order chi connectivity index (χ1) is 10.6. The Morgan fingerprint density at radius 1 is 1.36 bits per heavy atom. The van der Waals surface area contributed by atoms with Crippen LogP contribution >= 0.6 is 0 Å². The van der Waals surface area contributed by atoms with Crippen molar-refractivity contribution >= 4 is 11.0 Å². The Morgan fingerprint density at radius 3 is 2.82 bits per heavy atom. The highest BCUT2D eigenvalue weighted by atomic mass is 16.5. The van der Waals surface area contributed by atoms with Gasteiger partial charge in [-0.2, -0.15) is 0 Å². The number of imidazole rings is 1. The number of aliphatic hydroxyl groups is 1. The van der Waals surface area contributed by atoms with Crippen LogP contribution in [0.2, 0.25) is 0 Å². The fourth-order valence-corrected chi connectivity index (χ4v) is 3.12. The summed E-state index contributed by atoms with van der Waals surface area (Å²) in [7, 11) is 0. The molecule has 1 aromatic heterocycles. The normalized spacial score (nSPS) is 19.4. The highest BCUT2D eigenvalue weighted by Crippen LogP contribution is 2.23. The summed E-state index contributed by atoms with van der Waals surface area (Å²) in [5.41, 5.74) is 1.53. The first kappa shape index (κ1) is 15.5. The Hall–Kier alpha value is -1.43. The number of fused-ring (bicyclic) bond motifs is 1. The maximum atomic E-state index is 10.6. The van der Waals surface area contributed by atoms with Crippen LogP contribution in [0.5, 0.6) is 0 Å². The van der Waals surface area contributed by atoms with E-state index >= 15 is 0 Å². The smallest absolute Gasteiger partial charge is 0.126 e. The molecule has 1 unspecified atom stereocenters. The molecular formula is C17H25N3O2. The third kappa shape index (κ3) is 3.02. The Labute approximate surface area is 131 Å². The molecule has 2 N–H and O–H groups in total. The average molecular weight is 303 g/mol. The monoisotopic (exact) mass is 303 g/mol. The number of para-hydroxylation sites is 2. The molecule has 2 aromatic rings. The lowest BCUT2D eigenvalue weighted by Gasteiger charge is -2.33. The molecule has 0 spiro atoms. The van der Waals surface area contributed by atoms with Crippen molar-refractivity contribution in [2.24, 2.45) is 0 Å². The van der Waals surface area contributed by atoms with E-state index in [4.69, 9.17) is 9.72 Å². The molecule has 1 atom stereocenters. The molecule has 0 aliphatic carbocycles. The van der Waals surface area contributed by atoms with Gasteiger partial charge in [-0.1, -0.05) is 12.1 Å². The zero-order chi connectivity index (χ0) is 15.6. The topological polar surface area (TPSA) is 59.3 Å². The molecule has 3 rings (SSSR count). The number of nitrogens with zero attached hydrogens (tertiary/aromatic N) is 2. The van der Waals surface area contributed by atoms with Gasteiger partial charge in [0.05, 0.1) is 22.7 Å². The summed E-state index contributed by atoms with van der Waals surface area (Å²) in [5.74, 6) is 1.03. The maximum absolute atomic E-state index is 10.6. The molecule has 5 nitrogen and oxygen atoms in total. The lowest BCUT2D eigenvalue weighted by atomic mass is 9.94. The first-order valence-electron chi connectivity index (χ1n) is 8.11. The van der Waals surface area contributed by atoms with E-state index in [1.807, 2.05) is 18.2 Å². The average Bonchev–Trinajstić information content (AvgIpc) is 2.92. The third-order valence-electron chi connectivity index (χ3n) is 4.55. The second kappa shape index (κ2) is 6.36. The number of benzene rings is 1. The molecule has 0 amide bonds. The molecule has 0 saturated carbocycles. The second-order valence-electron chi connectivity index (χ2n) is 6.14. The summed E-state index contributed by atoms with van der Waals surface area (Å²) in [6.07, 6.45) is 1.38. The summed E-state index contributed by atoms with van der Waals surface area (Å²) in [6, 6.07) is 8.31. The van der Waals surface area contributed by atoms with Gasteiger partial charge in [-0.15, -0.1) is 0 Å². The number of rotatable bonds is 5. The van der Waals surface area contributed by atoms with E-state index in [2.05, 4.69) is 29.8 Å². The van der Waals surface area contributed by atoms with Gasteiger partial charge in [0.1, 0.15) is 5.82 Å². The van der Waals surface area contributed by atoms with Gasteiger partial charge in [-0.25, -0.2) is 4.98 Å². The molecular weight excluding hydrogens is 278 g/mol. The molecule has 5 heteroatoms. The summed E-state index contributed by atoms with van der Waals surface area (Å²) < 4.78 is 7.57. The third-order valence-corrected chi connectivity index (χ3v) is 4.55. The largest absolute Gasteiger partial charge is 0.388 e. The van der Waals surface area contributed by atoms with Crippen LogP contribution in [0, 0.1) is 0 Å². The molecule has 0 bridgehead atoms. The first-order valence-corrected chi connectivity index (χ1v) is 8.11. The Balaban J connectivity index is 1.75. The van der Waals surface area contributed by atoms with Crippen LogP contribution in [-0.2, 0) is 11.3 Å². The molecule has 1 fully saturated rings. The van der Waals surface area contributed by atoms with Gasteiger partial charge in [-0.05, 0) is 26.0 Å². The SMILES string of the molecule is CCn1c(C(C)NCC2(O)CCOCC2)nc2ccccc21. The van der Waals surface area contributed by atoms with Crippen LogP contribution in [0.15, 0.2) is 24.3 Å². The summed E-state index contributed by atoms with van der Waals surface area (Å²) in [6.45, 7) is 6.98. The van der Waals surface area contributed by atoms with Crippen molar-refractivity contribution in [1.29, 1.82) is 0 Å². The van der Waals surface area contributed by atoms with Gasteiger partial charge >= 0.3 is 0 Å². The molecule has 1 aromatic carbocycles. The Bertz CT molecular complexity index is 632. The van der Waals surface area contributed by atoms with E-state index in [1.165, 1.54) is 5.52 Å². The summed E-state index contributed by atoms with van der Waals surface area (Å²) in [5, 5.41) is 14.0. The lowest BCUT2D eigenvalue weighted by Crippen LogP contribution is -2.45. The fraction of sp³-hybridized carbons (Fsp3) is 0.588. The van der Waals surface area contributed by atoms with E-state index in [0.717, 1.165) is 17.9 Å². The minimum Gasteiger partial charge on any atom is -0.388 e. The highest BCUT2D eigenvalue weighted by Gasteiger charge is 2.30. The van der Waals surface area contributed by atoms with Gasteiger partial charge < -0.3 is 19.7 Å². The number of nitrogens with one attached hydrogen (secondary N) is 1. The van der Waals surface area contributed by atoms with Crippen LogP contribution in [0.25, 0.3) is 11.0 Å². The van der Waals surface area contributed by atoms with Crippen LogP contribution < -0.4 is 5.32 Å². The van der Waals surface area contributed by atoms with E-state index in [9.17, 15) is 5.11 Å². The molecule has 22 heavy (non-hydrogen) atoms. The number of hydrogen-bond acceptors (Lipinski definition) is 4. The minimum absolute atomic E-state index is 0.0965. The highest BCUT2D eigenvalue weighted by molar-refractivity contribution is 5.76. The standard InChI is InChI=1S/C17H25N3O2/c1-3-20-15-7-5-4-6-14(15)19-16(20)13(2)18-12-17(21)8-10-22-11-9-17/h4-7,13,18,21H,3,8-12H2,1-2H3. The zero-order valence-corrected chi connectivity index (χ0v) is 13.4. The number of ether oxygens (including phenoxy) is 1. The van der Waals surface area contributed by atoms with Crippen LogP contribution in [0.1, 0.15) is 38.6 Å². The number of aromatic nitrogens is 2. The van der Waals surface area contributed by atoms with Gasteiger partial charge in [0.2, 0.25) is 0 Å². The predicted molar refractivity (Wildman–Crippen MR) is 86.8 cm³/mol. The molecule has 1 aliphatic rings. The maximum Gasteiger partial charge on any atom is 0.126 e. The van der Waals surface area contributed by atoms with Crippen LogP contribution in [-0.4, -0.2) is 40.0 Å².